The van der Waals surface area contributed by atoms with Gasteiger partial charge in [-0.15, -0.1) is 0 Å². The molecule has 0 aliphatic heterocycles. The molecule has 0 aliphatic rings. The molecule has 0 bridgehead atoms. The van der Waals surface area contributed by atoms with Crippen LogP contribution in [-0.2, 0) is 8.85 Å². The highest BCUT2D eigenvalue weighted by atomic mass is 28.3. The summed E-state index contributed by atoms with van der Waals surface area (Å²) < 4.78 is 10.6. The van der Waals surface area contributed by atoms with Crippen molar-refractivity contribution in [1.82, 2.24) is 5.32 Å². The lowest BCUT2D eigenvalue weighted by atomic mass is 10.1. The minimum atomic E-state index is -1.37. The minimum absolute atomic E-state index is 0.993. The first kappa shape index (κ1) is 16.4. The average molecular weight is 257 g/mol. The van der Waals surface area contributed by atoms with E-state index in [-0.39, 0.29) is 0 Å². The van der Waals surface area contributed by atoms with Crippen LogP contribution in [0, 0.1) is 0 Å². The monoisotopic (exact) mass is 257 g/mol. The SMILES string of the molecule is CC=C(C)CC(=CC)NCCC[SiH](OC)OC. The first-order valence-electron chi connectivity index (χ1n) is 6.24. The molecule has 0 heterocycles. The van der Waals surface area contributed by atoms with Crippen LogP contribution in [-0.4, -0.2) is 30.0 Å². The van der Waals surface area contributed by atoms with E-state index in [0.717, 1.165) is 25.4 Å². The van der Waals surface area contributed by atoms with Gasteiger partial charge in [-0.1, -0.05) is 17.7 Å². The van der Waals surface area contributed by atoms with E-state index < -0.39 is 9.28 Å². The Morgan fingerprint density at radius 1 is 1.18 bits per heavy atom. The largest absolute Gasteiger partial charge is 0.400 e. The lowest BCUT2D eigenvalue weighted by Gasteiger charge is -2.13. The van der Waals surface area contributed by atoms with E-state index in [0.29, 0.717) is 0 Å². The second-order valence-corrected chi connectivity index (χ2v) is 6.47. The Balaban J connectivity index is 3.78. The zero-order chi connectivity index (χ0) is 13.1. The summed E-state index contributed by atoms with van der Waals surface area (Å²) in [6.07, 6.45) is 6.42. The molecule has 0 fully saturated rings. The maximum atomic E-state index is 5.28. The Labute approximate surface area is 108 Å². The second-order valence-electron chi connectivity index (χ2n) is 4.10. The van der Waals surface area contributed by atoms with Gasteiger partial charge in [-0.05, 0) is 33.2 Å². The quantitative estimate of drug-likeness (QED) is 0.391. The van der Waals surface area contributed by atoms with Crippen molar-refractivity contribution < 1.29 is 8.85 Å². The summed E-state index contributed by atoms with van der Waals surface area (Å²) >= 11 is 0. The van der Waals surface area contributed by atoms with Gasteiger partial charge in [0.15, 0.2) is 0 Å². The minimum Gasteiger partial charge on any atom is -0.400 e. The van der Waals surface area contributed by atoms with Crippen LogP contribution in [0.4, 0.5) is 0 Å². The fourth-order valence-corrected chi connectivity index (χ4v) is 2.72. The molecule has 0 aromatic carbocycles. The van der Waals surface area contributed by atoms with Crippen molar-refractivity contribution in [3.05, 3.63) is 23.4 Å². The van der Waals surface area contributed by atoms with Crippen molar-refractivity contribution in [1.29, 1.82) is 0 Å². The first-order chi connectivity index (χ1) is 8.17. The first-order valence-corrected chi connectivity index (χ1v) is 8.00. The molecule has 0 saturated heterocycles. The molecule has 4 heteroatoms. The fourth-order valence-electron chi connectivity index (χ4n) is 1.52. The van der Waals surface area contributed by atoms with Gasteiger partial charge in [0.2, 0.25) is 0 Å². The smallest absolute Gasteiger partial charge is 0.320 e. The summed E-state index contributed by atoms with van der Waals surface area (Å²) in [6, 6.07) is 1.06. The number of nitrogens with one attached hydrogen (secondary N) is 1. The molecule has 0 aromatic rings. The van der Waals surface area contributed by atoms with Gasteiger partial charge in [0.1, 0.15) is 0 Å². The predicted octanol–water partition coefficient (Wildman–Crippen LogP) is 2.74. The van der Waals surface area contributed by atoms with Gasteiger partial charge < -0.3 is 14.2 Å². The third-order valence-corrected chi connectivity index (χ3v) is 4.74. The molecular formula is C13H27NO2Si. The molecule has 0 aromatic heterocycles. The molecule has 0 aliphatic carbocycles. The maximum Gasteiger partial charge on any atom is 0.320 e. The molecule has 0 radical (unpaired) electrons. The third kappa shape index (κ3) is 8.18. The van der Waals surface area contributed by atoms with E-state index in [1.165, 1.54) is 11.3 Å². The number of rotatable bonds is 9. The standard InChI is InChI=1S/C13H27NO2Si/c1-6-12(3)11-13(7-2)14-9-8-10-17(15-4)16-5/h6-7,14,17H,8-11H2,1-5H3. The molecule has 17 heavy (non-hydrogen) atoms. The van der Waals surface area contributed by atoms with Crippen LogP contribution < -0.4 is 5.32 Å². The van der Waals surface area contributed by atoms with Gasteiger partial charge in [0.25, 0.3) is 0 Å². The van der Waals surface area contributed by atoms with Gasteiger partial charge in [-0.3, -0.25) is 0 Å². The topological polar surface area (TPSA) is 30.5 Å². The Morgan fingerprint density at radius 2 is 1.82 bits per heavy atom. The number of hydrogen-bond donors (Lipinski definition) is 1. The molecule has 100 valence electrons. The van der Waals surface area contributed by atoms with Gasteiger partial charge in [-0.2, -0.15) is 0 Å². The van der Waals surface area contributed by atoms with Crippen LogP contribution in [0.25, 0.3) is 0 Å². The molecule has 0 saturated carbocycles. The van der Waals surface area contributed by atoms with E-state index >= 15 is 0 Å². The summed E-state index contributed by atoms with van der Waals surface area (Å²) in [5.74, 6) is 0. The average Bonchev–Trinajstić information content (AvgIpc) is 2.37. The summed E-state index contributed by atoms with van der Waals surface area (Å²) in [6.45, 7) is 7.31. The lowest BCUT2D eigenvalue weighted by molar-refractivity contribution is 0.276. The van der Waals surface area contributed by atoms with Crippen molar-refractivity contribution in [2.24, 2.45) is 0 Å². The zero-order valence-electron chi connectivity index (χ0n) is 11.9. The molecule has 1 N–H and O–H groups in total. The number of hydrogen-bond acceptors (Lipinski definition) is 3. The molecule has 0 rings (SSSR count). The van der Waals surface area contributed by atoms with Gasteiger partial charge >= 0.3 is 9.28 Å². The summed E-state index contributed by atoms with van der Waals surface area (Å²) in [5.41, 5.74) is 2.69. The summed E-state index contributed by atoms with van der Waals surface area (Å²) in [4.78, 5) is 0. The maximum absolute atomic E-state index is 5.28. The normalized spacial score (nSPS) is 13.3. The fraction of sp³-hybridized carbons (Fsp3) is 0.692. The van der Waals surface area contributed by atoms with Crippen LogP contribution in [0.1, 0.15) is 33.6 Å². The summed E-state index contributed by atoms with van der Waals surface area (Å²) in [7, 11) is 2.10. The van der Waals surface area contributed by atoms with Crippen molar-refractivity contribution in [2.75, 3.05) is 20.8 Å². The highest BCUT2D eigenvalue weighted by Crippen LogP contribution is 2.08. The van der Waals surface area contributed by atoms with Gasteiger partial charge in [-0.25, -0.2) is 0 Å². The predicted molar refractivity (Wildman–Crippen MR) is 76.4 cm³/mol. The Kier molecular flexibility index (Phi) is 10.2. The summed E-state index contributed by atoms with van der Waals surface area (Å²) in [5, 5.41) is 3.47. The highest BCUT2D eigenvalue weighted by molar-refractivity contribution is 6.44. The van der Waals surface area contributed by atoms with Crippen molar-refractivity contribution in [3.63, 3.8) is 0 Å². The van der Waals surface area contributed by atoms with Crippen LogP contribution >= 0.6 is 0 Å². The second kappa shape index (κ2) is 10.6. The third-order valence-electron chi connectivity index (χ3n) is 2.80. The number of allylic oxidation sites excluding steroid dienone is 3. The van der Waals surface area contributed by atoms with E-state index in [1.54, 1.807) is 14.2 Å². The van der Waals surface area contributed by atoms with Crippen LogP contribution in [0.5, 0.6) is 0 Å². The zero-order valence-corrected chi connectivity index (χ0v) is 13.0. The van der Waals surface area contributed by atoms with E-state index in [2.05, 4.69) is 38.2 Å². The van der Waals surface area contributed by atoms with Crippen LogP contribution in [0.15, 0.2) is 23.4 Å². The highest BCUT2D eigenvalue weighted by Gasteiger charge is 2.08. The molecule has 3 nitrogen and oxygen atoms in total. The Bertz CT molecular complexity index is 248. The van der Waals surface area contributed by atoms with E-state index in [9.17, 15) is 0 Å². The van der Waals surface area contributed by atoms with E-state index in [4.69, 9.17) is 8.85 Å². The van der Waals surface area contributed by atoms with Crippen molar-refractivity contribution >= 4 is 9.28 Å². The molecule has 0 unspecified atom stereocenters. The van der Waals surface area contributed by atoms with Crippen LogP contribution in [0.3, 0.4) is 0 Å². The van der Waals surface area contributed by atoms with Crippen molar-refractivity contribution in [2.45, 2.75) is 39.7 Å². The Morgan fingerprint density at radius 3 is 2.29 bits per heavy atom. The van der Waals surface area contributed by atoms with Gasteiger partial charge in [0.05, 0.1) is 0 Å². The molecular weight excluding hydrogens is 230 g/mol. The molecule has 0 amide bonds. The Hall–Kier alpha value is -0.583. The van der Waals surface area contributed by atoms with E-state index in [1.807, 2.05) is 0 Å². The lowest BCUT2D eigenvalue weighted by Crippen LogP contribution is -2.22. The molecule has 0 spiro atoms. The molecule has 0 atom stereocenters. The van der Waals surface area contributed by atoms with Crippen molar-refractivity contribution in [3.8, 4) is 0 Å². The van der Waals surface area contributed by atoms with Gasteiger partial charge in [0, 0.05) is 32.9 Å². The van der Waals surface area contributed by atoms with Crippen LogP contribution in [0.2, 0.25) is 6.04 Å².